The number of nitrogens with zero attached hydrogens (tertiary/aromatic N) is 2. The first kappa shape index (κ1) is 18.2. The molecule has 0 aliphatic heterocycles. The molecule has 0 saturated heterocycles. The number of carbonyl (C=O) groups excluding carboxylic acids is 1. The summed E-state index contributed by atoms with van der Waals surface area (Å²) in [5.41, 5.74) is 1.19. The van der Waals surface area contributed by atoms with Crippen LogP contribution in [0.5, 0.6) is 0 Å². The van der Waals surface area contributed by atoms with Crippen LogP contribution >= 0.6 is 11.3 Å². The van der Waals surface area contributed by atoms with E-state index >= 15 is 0 Å². The predicted octanol–water partition coefficient (Wildman–Crippen LogP) is 2.34. The van der Waals surface area contributed by atoms with Crippen molar-refractivity contribution < 1.29 is 13.9 Å². The van der Waals surface area contributed by atoms with Gasteiger partial charge in [-0.25, -0.2) is 9.37 Å². The highest BCUT2D eigenvalue weighted by molar-refractivity contribution is 7.19. The third-order valence-electron chi connectivity index (χ3n) is 3.93. The zero-order chi connectivity index (χ0) is 18.7. The van der Waals surface area contributed by atoms with Crippen LogP contribution in [0.2, 0.25) is 0 Å². The molecule has 0 saturated carbocycles. The molecule has 0 aliphatic rings. The smallest absolute Gasteiger partial charge is 0.263 e. The lowest BCUT2D eigenvalue weighted by Crippen LogP contribution is -2.34. The number of halogens is 1. The van der Waals surface area contributed by atoms with Crippen molar-refractivity contribution in [3.63, 3.8) is 0 Å². The molecule has 0 unspecified atom stereocenters. The van der Waals surface area contributed by atoms with Crippen molar-refractivity contribution in [2.24, 2.45) is 0 Å². The van der Waals surface area contributed by atoms with Gasteiger partial charge in [0.15, 0.2) is 0 Å². The lowest BCUT2D eigenvalue weighted by Gasteiger charge is -2.07. The lowest BCUT2D eigenvalue weighted by atomic mass is 10.0. The van der Waals surface area contributed by atoms with Crippen LogP contribution in [0.25, 0.3) is 21.3 Å². The van der Waals surface area contributed by atoms with E-state index in [0.29, 0.717) is 23.4 Å². The maximum Gasteiger partial charge on any atom is 0.263 e. The second kappa shape index (κ2) is 7.76. The van der Waals surface area contributed by atoms with Gasteiger partial charge in [0.25, 0.3) is 5.56 Å². The number of nitrogens with one attached hydrogen (secondary N) is 1. The quantitative estimate of drug-likeness (QED) is 0.671. The second-order valence-electron chi connectivity index (χ2n) is 5.74. The molecule has 6 nitrogen and oxygen atoms in total. The largest absolute Gasteiger partial charge is 0.383 e. The van der Waals surface area contributed by atoms with Gasteiger partial charge < -0.3 is 10.1 Å². The minimum atomic E-state index is -0.339. The molecule has 8 heteroatoms. The van der Waals surface area contributed by atoms with Crippen molar-refractivity contribution in [2.45, 2.75) is 13.5 Å². The Balaban J connectivity index is 2.00. The Labute approximate surface area is 153 Å². The van der Waals surface area contributed by atoms with Gasteiger partial charge in [0.05, 0.1) is 18.3 Å². The number of amides is 1. The summed E-state index contributed by atoms with van der Waals surface area (Å²) in [6.45, 7) is 2.55. The van der Waals surface area contributed by atoms with Crippen molar-refractivity contribution in [1.82, 2.24) is 14.9 Å². The highest BCUT2D eigenvalue weighted by Crippen LogP contribution is 2.35. The van der Waals surface area contributed by atoms with Gasteiger partial charge >= 0.3 is 0 Å². The van der Waals surface area contributed by atoms with Crippen LogP contribution < -0.4 is 10.9 Å². The number of rotatable bonds is 6. The molecule has 2 aromatic heterocycles. The molecule has 3 rings (SSSR count). The van der Waals surface area contributed by atoms with Gasteiger partial charge in [0.1, 0.15) is 17.2 Å². The highest BCUT2D eigenvalue weighted by atomic mass is 32.1. The standard InChI is InChI=1S/C18H18FN3O3S/c1-11-15(12-3-5-13(19)6-4-12)16-17(26-11)21-10-22(18(16)24)9-14(23)20-7-8-25-2/h3-6,10H,7-9H2,1-2H3,(H,20,23). The maximum absolute atomic E-state index is 13.2. The van der Waals surface area contributed by atoms with Crippen LogP contribution in [-0.4, -0.2) is 35.7 Å². The molecule has 0 bridgehead atoms. The minimum Gasteiger partial charge on any atom is -0.383 e. The van der Waals surface area contributed by atoms with Crippen molar-refractivity contribution in [3.05, 3.63) is 51.6 Å². The molecular weight excluding hydrogens is 357 g/mol. The molecule has 0 spiro atoms. The van der Waals surface area contributed by atoms with Gasteiger partial charge in [-0.05, 0) is 24.6 Å². The minimum absolute atomic E-state index is 0.122. The summed E-state index contributed by atoms with van der Waals surface area (Å²) in [6.07, 6.45) is 1.38. The van der Waals surface area contributed by atoms with Crippen molar-refractivity contribution >= 4 is 27.5 Å². The summed E-state index contributed by atoms with van der Waals surface area (Å²) in [5, 5.41) is 3.12. The van der Waals surface area contributed by atoms with Gasteiger partial charge in [-0.2, -0.15) is 0 Å². The van der Waals surface area contributed by atoms with Crippen LogP contribution in [0.1, 0.15) is 4.88 Å². The number of hydrogen-bond acceptors (Lipinski definition) is 5. The molecule has 1 N–H and O–H groups in total. The van der Waals surface area contributed by atoms with E-state index in [1.165, 1.54) is 34.4 Å². The summed E-state index contributed by atoms with van der Waals surface area (Å²) < 4.78 is 19.4. The predicted molar refractivity (Wildman–Crippen MR) is 98.9 cm³/mol. The summed E-state index contributed by atoms with van der Waals surface area (Å²) in [4.78, 5) is 30.7. The van der Waals surface area contributed by atoms with E-state index in [9.17, 15) is 14.0 Å². The highest BCUT2D eigenvalue weighted by Gasteiger charge is 2.17. The molecular formula is C18H18FN3O3S. The van der Waals surface area contributed by atoms with E-state index in [0.717, 1.165) is 16.0 Å². The zero-order valence-corrected chi connectivity index (χ0v) is 15.2. The molecule has 1 aromatic carbocycles. The molecule has 136 valence electrons. The van der Waals surface area contributed by atoms with E-state index < -0.39 is 0 Å². The van der Waals surface area contributed by atoms with Crippen molar-refractivity contribution in [2.75, 3.05) is 20.3 Å². The van der Waals surface area contributed by atoms with Gasteiger partial charge in [0.2, 0.25) is 5.91 Å². The summed E-state index contributed by atoms with van der Waals surface area (Å²) in [7, 11) is 1.55. The number of fused-ring (bicyclic) bond motifs is 1. The number of aryl methyl sites for hydroxylation is 1. The second-order valence-corrected chi connectivity index (χ2v) is 6.94. The number of thiophene rings is 1. The van der Waals surface area contributed by atoms with Crippen LogP contribution in [0, 0.1) is 12.7 Å². The number of hydrogen-bond donors (Lipinski definition) is 1. The van der Waals surface area contributed by atoms with E-state index in [1.54, 1.807) is 19.2 Å². The Bertz CT molecular complexity index is 995. The van der Waals surface area contributed by atoms with Crippen molar-refractivity contribution in [3.8, 4) is 11.1 Å². The first-order valence-electron chi connectivity index (χ1n) is 8.01. The molecule has 0 atom stereocenters. The Morgan fingerprint density at radius 1 is 1.35 bits per heavy atom. The molecule has 3 aromatic rings. The van der Waals surface area contributed by atoms with Gasteiger partial charge in [-0.3, -0.25) is 14.2 Å². The van der Waals surface area contributed by atoms with Crippen LogP contribution in [0.3, 0.4) is 0 Å². The van der Waals surface area contributed by atoms with Gasteiger partial charge in [-0.15, -0.1) is 11.3 Å². The molecule has 1 amide bonds. The monoisotopic (exact) mass is 375 g/mol. The Kier molecular flexibility index (Phi) is 5.43. The number of methoxy groups -OCH3 is 1. The topological polar surface area (TPSA) is 73.2 Å². The van der Waals surface area contributed by atoms with Gasteiger partial charge in [-0.1, -0.05) is 12.1 Å². The first-order valence-corrected chi connectivity index (χ1v) is 8.83. The molecule has 2 heterocycles. The first-order chi connectivity index (χ1) is 12.5. The SMILES string of the molecule is COCCNC(=O)Cn1cnc2sc(C)c(-c3ccc(F)cc3)c2c1=O. The molecule has 0 fully saturated rings. The van der Waals surface area contributed by atoms with E-state index in [-0.39, 0.29) is 23.8 Å². The average molecular weight is 375 g/mol. The lowest BCUT2D eigenvalue weighted by molar-refractivity contribution is -0.121. The van der Waals surface area contributed by atoms with E-state index in [2.05, 4.69) is 10.3 Å². The zero-order valence-electron chi connectivity index (χ0n) is 14.4. The number of ether oxygens (including phenoxy) is 1. The van der Waals surface area contributed by atoms with E-state index in [1.807, 2.05) is 6.92 Å². The third-order valence-corrected chi connectivity index (χ3v) is 4.94. The van der Waals surface area contributed by atoms with Crippen LogP contribution in [0.4, 0.5) is 4.39 Å². The third kappa shape index (κ3) is 3.66. The Hall–Kier alpha value is -2.58. The summed E-state index contributed by atoms with van der Waals surface area (Å²) in [6, 6.07) is 5.99. The summed E-state index contributed by atoms with van der Waals surface area (Å²) >= 11 is 1.40. The Morgan fingerprint density at radius 2 is 2.08 bits per heavy atom. The van der Waals surface area contributed by atoms with Crippen LogP contribution in [0.15, 0.2) is 35.4 Å². The fourth-order valence-corrected chi connectivity index (χ4v) is 3.72. The van der Waals surface area contributed by atoms with E-state index in [4.69, 9.17) is 4.74 Å². The number of aromatic nitrogens is 2. The Morgan fingerprint density at radius 3 is 2.77 bits per heavy atom. The van der Waals surface area contributed by atoms with Crippen molar-refractivity contribution in [1.29, 1.82) is 0 Å². The average Bonchev–Trinajstić information content (AvgIpc) is 2.95. The maximum atomic E-state index is 13.2. The normalized spacial score (nSPS) is 11.0. The van der Waals surface area contributed by atoms with Crippen LogP contribution in [-0.2, 0) is 16.1 Å². The number of benzene rings is 1. The molecule has 0 radical (unpaired) electrons. The number of carbonyl (C=O) groups is 1. The van der Waals surface area contributed by atoms with Gasteiger partial charge in [0, 0.05) is 24.1 Å². The fourth-order valence-electron chi connectivity index (χ4n) is 2.72. The summed E-state index contributed by atoms with van der Waals surface area (Å²) in [5.74, 6) is -0.630. The molecule has 0 aliphatic carbocycles. The molecule has 26 heavy (non-hydrogen) atoms. The fraction of sp³-hybridized carbons (Fsp3) is 0.278.